The van der Waals surface area contributed by atoms with Gasteiger partial charge in [0, 0.05) is 11.6 Å². The first-order chi connectivity index (χ1) is 8.97. The summed E-state index contributed by atoms with van der Waals surface area (Å²) in [6.45, 7) is 4.21. The summed E-state index contributed by atoms with van der Waals surface area (Å²) in [7, 11) is 0. The van der Waals surface area contributed by atoms with Gasteiger partial charge in [0.25, 0.3) is 0 Å². The Hall–Kier alpha value is -1.55. The number of hydrogen-bond acceptors (Lipinski definition) is 2. The zero-order valence-corrected chi connectivity index (χ0v) is 11.8. The largest absolute Gasteiger partial charge is 0.345 e. The van der Waals surface area contributed by atoms with E-state index in [0.717, 1.165) is 5.56 Å². The first kappa shape index (κ1) is 13.9. The first-order valence-electron chi connectivity index (χ1n) is 6.30. The maximum Gasteiger partial charge on any atom is 0.246 e. The van der Waals surface area contributed by atoms with Gasteiger partial charge in [0.1, 0.15) is 5.54 Å². The van der Waals surface area contributed by atoms with E-state index in [9.17, 15) is 9.59 Å². The highest BCUT2D eigenvalue weighted by Gasteiger charge is 2.43. The molecule has 1 aliphatic heterocycles. The summed E-state index contributed by atoms with van der Waals surface area (Å²) in [6.07, 6.45) is 0.582. The Morgan fingerprint density at radius 3 is 2.53 bits per heavy atom. The van der Waals surface area contributed by atoms with Gasteiger partial charge in [0.15, 0.2) is 0 Å². The van der Waals surface area contributed by atoms with Gasteiger partial charge in [0.2, 0.25) is 11.8 Å². The van der Waals surface area contributed by atoms with Crippen LogP contribution in [0.3, 0.4) is 0 Å². The number of carbonyl (C=O) groups is 2. The number of carbonyl (C=O) groups excluding carboxylic acids is 2. The molecule has 1 saturated heterocycles. The van der Waals surface area contributed by atoms with E-state index in [0.29, 0.717) is 18.0 Å². The lowest BCUT2D eigenvalue weighted by Crippen LogP contribution is -2.65. The maximum absolute atomic E-state index is 12.1. The maximum atomic E-state index is 12.1. The second kappa shape index (κ2) is 5.21. The summed E-state index contributed by atoms with van der Waals surface area (Å²) in [5.41, 5.74) is 0.182. The van der Waals surface area contributed by atoms with E-state index < -0.39 is 5.54 Å². The lowest BCUT2D eigenvalue weighted by atomic mass is 9.92. The molecule has 1 heterocycles. The van der Waals surface area contributed by atoms with Crippen molar-refractivity contribution in [3.63, 3.8) is 0 Å². The highest BCUT2D eigenvalue weighted by molar-refractivity contribution is 6.30. The van der Waals surface area contributed by atoms with Crippen molar-refractivity contribution in [2.24, 2.45) is 0 Å². The van der Waals surface area contributed by atoms with Crippen LogP contribution in [0, 0.1) is 0 Å². The second-order valence-corrected chi connectivity index (χ2v) is 5.35. The third kappa shape index (κ3) is 2.59. The molecule has 1 aliphatic rings. The van der Waals surface area contributed by atoms with Crippen molar-refractivity contribution >= 4 is 23.4 Å². The third-order valence-electron chi connectivity index (χ3n) is 3.73. The Morgan fingerprint density at radius 1 is 1.32 bits per heavy atom. The minimum absolute atomic E-state index is 0.0566. The predicted octanol–water partition coefficient (Wildman–Crippen LogP) is 1.97. The normalized spacial score (nSPS) is 23.4. The van der Waals surface area contributed by atoms with E-state index in [1.165, 1.54) is 0 Å². The van der Waals surface area contributed by atoms with Crippen molar-refractivity contribution < 1.29 is 9.59 Å². The van der Waals surface area contributed by atoms with Crippen LogP contribution in [0.5, 0.6) is 0 Å². The molecule has 0 saturated carbocycles. The van der Waals surface area contributed by atoms with Gasteiger partial charge in [-0.25, -0.2) is 0 Å². The van der Waals surface area contributed by atoms with Crippen LogP contribution in [0.4, 0.5) is 0 Å². The number of halogens is 1. The molecule has 0 radical (unpaired) electrons. The standard InChI is InChI=1S/C14H17ClN2O2/c1-3-14(2)13(19)16-8-12(18)17(14)9-10-4-6-11(15)7-5-10/h4-7H,3,8-9H2,1-2H3,(H,16,19). The molecule has 2 rings (SSSR count). The zero-order valence-electron chi connectivity index (χ0n) is 11.1. The summed E-state index contributed by atoms with van der Waals surface area (Å²) in [4.78, 5) is 25.7. The molecule has 19 heavy (non-hydrogen) atoms. The van der Waals surface area contributed by atoms with Gasteiger partial charge in [-0.2, -0.15) is 0 Å². The Morgan fingerprint density at radius 2 is 1.95 bits per heavy atom. The highest BCUT2D eigenvalue weighted by Crippen LogP contribution is 2.25. The third-order valence-corrected chi connectivity index (χ3v) is 3.98. The van der Waals surface area contributed by atoms with E-state index in [1.807, 2.05) is 19.1 Å². The molecule has 1 atom stereocenters. The van der Waals surface area contributed by atoms with Gasteiger partial charge in [0.05, 0.1) is 6.54 Å². The fraction of sp³-hybridized carbons (Fsp3) is 0.429. The Labute approximate surface area is 117 Å². The Bertz CT molecular complexity index is 501. The molecule has 1 aromatic rings. The number of amides is 2. The number of piperazine rings is 1. The molecule has 0 aromatic heterocycles. The van der Waals surface area contributed by atoms with Gasteiger partial charge >= 0.3 is 0 Å². The van der Waals surface area contributed by atoms with Crippen LogP contribution in [0.25, 0.3) is 0 Å². The average molecular weight is 281 g/mol. The minimum atomic E-state index is -0.783. The molecule has 0 spiro atoms. The van der Waals surface area contributed by atoms with Gasteiger partial charge < -0.3 is 10.2 Å². The number of hydrogen-bond donors (Lipinski definition) is 1. The fourth-order valence-corrected chi connectivity index (χ4v) is 2.35. The van der Waals surface area contributed by atoms with Crippen molar-refractivity contribution in [3.05, 3.63) is 34.9 Å². The summed E-state index contributed by atoms with van der Waals surface area (Å²) in [5, 5.41) is 3.30. The van der Waals surface area contributed by atoms with Crippen molar-refractivity contribution in [3.8, 4) is 0 Å². The van der Waals surface area contributed by atoms with E-state index in [1.54, 1.807) is 24.0 Å². The van der Waals surface area contributed by atoms with E-state index in [2.05, 4.69) is 5.32 Å². The lowest BCUT2D eigenvalue weighted by Gasteiger charge is -2.43. The summed E-state index contributed by atoms with van der Waals surface area (Å²) < 4.78 is 0. The second-order valence-electron chi connectivity index (χ2n) is 4.92. The topological polar surface area (TPSA) is 49.4 Å². The summed E-state index contributed by atoms with van der Waals surface area (Å²) in [6, 6.07) is 7.32. The first-order valence-corrected chi connectivity index (χ1v) is 6.68. The molecule has 0 bridgehead atoms. The lowest BCUT2D eigenvalue weighted by molar-refractivity contribution is -0.153. The van der Waals surface area contributed by atoms with Crippen molar-refractivity contribution in [1.82, 2.24) is 10.2 Å². The highest BCUT2D eigenvalue weighted by atomic mass is 35.5. The van der Waals surface area contributed by atoms with Crippen LogP contribution in [-0.4, -0.2) is 28.8 Å². The molecule has 1 unspecified atom stereocenters. The SMILES string of the molecule is CCC1(C)C(=O)NCC(=O)N1Cc1ccc(Cl)cc1. The molecular formula is C14H17ClN2O2. The summed E-state index contributed by atoms with van der Waals surface area (Å²) in [5.74, 6) is -0.150. The van der Waals surface area contributed by atoms with Crippen molar-refractivity contribution in [1.29, 1.82) is 0 Å². The van der Waals surface area contributed by atoms with Gasteiger partial charge in [-0.05, 0) is 31.0 Å². The van der Waals surface area contributed by atoms with Crippen LogP contribution < -0.4 is 5.32 Å². The minimum Gasteiger partial charge on any atom is -0.345 e. The molecule has 5 heteroatoms. The Balaban J connectivity index is 2.26. The molecule has 4 nitrogen and oxygen atoms in total. The molecule has 1 fully saturated rings. The average Bonchev–Trinajstić information content (AvgIpc) is 2.41. The van der Waals surface area contributed by atoms with Gasteiger partial charge in [-0.15, -0.1) is 0 Å². The van der Waals surface area contributed by atoms with Crippen molar-refractivity contribution in [2.45, 2.75) is 32.4 Å². The van der Waals surface area contributed by atoms with Gasteiger partial charge in [-0.1, -0.05) is 30.7 Å². The quantitative estimate of drug-likeness (QED) is 0.920. The fourth-order valence-electron chi connectivity index (χ4n) is 2.23. The number of nitrogens with one attached hydrogen (secondary N) is 1. The van der Waals surface area contributed by atoms with Crippen molar-refractivity contribution in [2.75, 3.05) is 6.54 Å². The van der Waals surface area contributed by atoms with Crippen LogP contribution >= 0.6 is 11.6 Å². The molecule has 102 valence electrons. The van der Waals surface area contributed by atoms with E-state index >= 15 is 0 Å². The van der Waals surface area contributed by atoms with E-state index in [4.69, 9.17) is 11.6 Å². The van der Waals surface area contributed by atoms with Crippen LogP contribution in [-0.2, 0) is 16.1 Å². The zero-order chi connectivity index (χ0) is 14.0. The smallest absolute Gasteiger partial charge is 0.246 e. The molecule has 0 aliphatic carbocycles. The predicted molar refractivity (Wildman–Crippen MR) is 73.7 cm³/mol. The van der Waals surface area contributed by atoms with Gasteiger partial charge in [-0.3, -0.25) is 9.59 Å². The molecular weight excluding hydrogens is 264 g/mol. The number of benzene rings is 1. The molecule has 1 N–H and O–H groups in total. The van der Waals surface area contributed by atoms with E-state index in [-0.39, 0.29) is 18.4 Å². The number of nitrogens with zero attached hydrogens (tertiary/aromatic N) is 1. The van der Waals surface area contributed by atoms with Crippen LogP contribution in [0.15, 0.2) is 24.3 Å². The summed E-state index contributed by atoms with van der Waals surface area (Å²) >= 11 is 5.84. The van der Waals surface area contributed by atoms with Crippen LogP contribution in [0.2, 0.25) is 5.02 Å². The monoisotopic (exact) mass is 280 g/mol. The molecule has 1 aromatic carbocycles. The Kier molecular flexibility index (Phi) is 3.80. The molecule has 2 amide bonds. The number of rotatable bonds is 3. The van der Waals surface area contributed by atoms with Crippen LogP contribution in [0.1, 0.15) is 25.8 Å².